The zero-order valence-electron chi connectivity index (χ0n) is 11.9. The van der Waals surface area contributed by atoms with Crippen molar-refractivity contribution in [2.24, 2.45) is 7.05 Å². The Morgan fingerprint density at radius 2 is 1.60 bits per heavy atom. The molecule has 2 heterocycles. The zero-order chi connectivity index (χ0) is 13.8. The van der Waals surface area contributed by atoms with Crippen molar-refractivity contribution in [1.82, 2.24) is 0 Å². The van der Waals surface area contributed by atoms with E-state index in [0.717, 1.165) is 19.4 Å². The van der Waals surface area contributed by atoms with Crippen LogP contribution in [0.2, 0.25) is 0 Å². The quantitative estimate of drug-likeness (QED) is 0.750. The van der Waals surface area contributed by atoms with E-state index in [1.54, 1.807) is 0 Å². The number of rotatable bonds is 4. The average molecular weight is 264 g/mol. The molecule has 0 radical (unpaired) electrons. The molecular formula is C18H20N2+2. The Balaban J connectivity index is 1.66. The fourth-order valence-corrected chi connectivity index (χ4v) is 2.44. The first kappa shape index (κ1) is 12.8. The summed E-state index contributed by atoms with van der Waals surface area (Å²) in [6.45, 7) is 1.05. The number of hydrogen-bond donors (Lipinski definition) is 0. The Bertz CT molecular complexity index is 634. The van der Waals surface area contributed by atoms with Gasteiger partial charge in [-0.1, -0.05) is 23.8 Å². The van der Waals surface area contributed by atoms with Crippen molar-refractivity contribution in [3.8, 4) is 11.1 Å². The molecule has 100 valence electrons. The summed E-state index contributed by atoms with van der Waals surface area (Å²) < 4.78 is 4.31. The summed E-state index contributed by atoms with van der Waals surface area (Å²) in [5.74, 6) is 0. The maximum Gasteiger partial charge on any atom is 0.169 e. The molecule has 0 aromatic carbocycles. The van der Waals surface area contributed by atoms with E-state index in [0.29, 0.717) is 0 Å². The van der Waals surface area contributed by atoms with Gasteiger partial charge in [0, 0.05) is 30.7 Å². The monoisotopic (exact) mass is 264 g/mol. The molecule has 2 aromatic rings. The van der Waals surface area contributed by atoms with Gasteiger partial charge in [-0.05, 0) is 17.5 Å². The van der Waals surface area contributed by atoms with Crippen LogP contribution in [0.25, 0.3) is 11.1 Å². The van der Waals surface area contributed by atoms with Gasteiger partial charge >= 0.3 is 0 Å². The zero-order valence-corrected chi connectivity index (χ0v) is 11.9. The van der Waals surface area contributed by atoms with Crippen LogP contribution in [0.15, 0.2) is 72.9 Å². The van der Waals surface area contributed by atoms with E-state index in [9.17, 15) is 0 Å². The van der Waals surface area contributed by atoms with Crippen molar-refractivity contribution < 1.29 is 9.13 Å². The van der Waals surface area contributed by atoms with E-state index in [2.05, 4.69) is 76.4 Å². The number of nitrogens with zero attached hydrogens (tertiary/aromatic N) is 2. The fourth-order valence-electron chi connectivity index (χ4n) is 2.44. The maximum absolute atomic E-state index is 2.26. The van der Waals surface area contributed by atoms with Gasteiger partial charge in [0.05, 0.1) is 0 Å². The average Bonchev–Trinajstić information content (AvgIpc) is 3.00. The first-order valence-electron chi connectivity index (χ1n) is 7.10. The van der Waals surface area contributed by atoms with Crippen LogP contribution >= 0.6 is 0 Å². The molecule has 0 atom stereocenters. The van der Waals surface area contributed by atoms with Crippen molar-refractivity contribution in [3.05, 3.63) is 72.9 Å². The van der Waals surface area contributed by atoms with Crippen LogP contribution in [0.5, 0.6) is 0 Å². The summed E-state index contributed by atoms with van der Waals surface area (Å²) in [5, 5.41) is 0. The predicted octanol–water partition coefficient (Wildman–Crippen LogP) is 2.74. The third kappa shape index (κ3) is 3.02. The molecule has 0 aliphatic heterocycles. The van der Waals surface area contributed by atoms with Crippen LogP contribution in [0.1, 0.15) is 12.8 Å². The van der Waals surface area contributed by atoms with Crippen LogP contribution in [0.3, 0.4) is 0 Å². The molecule has 2 aromatic heterocycles. The Kier molecular flexibility index (Phi) is 3.73. The van der Waals surface area contributed by atoms with E-state index in [4.69, 9.17) is 0 Å². The lowest BCUT2D eigenvalue weighted by molar-refractivity contribution is -0.696. The van der Waals surface area contributed by atoms with Gasteiger partial charge in [-0.15, -0.1) is 0 Å². The summed E-state index contributed by atoms with van der Waals surface area (Å²) in [4.78, 5) is 0. The summed E-state index contributed by atoms with van der Waals surface area (Å²) in [6.07, 6.45) is 17.4. The summed E-state index contributed by atoms with van der Waals surface area (Å²) in [5.41, 5.74) is 4.05. The minimum atomic E-state index is 1.05. The highest BCUT2D eigenvalue weighted by Gasteiger charge is 2.06. The van der Waals surface area contributed by atoms with E-state index < -0.39 is 0 Å². The highest BCUT2D eigenvalue weighted by molar-refractivity contribution is 5.60. The summed E-state index contributed by atoms with van der Waals surface area (Å²) in [6, 6.07) is 8.68. The van der Waals surface area contributed by atoms with E-state index in [1.807, 2.05) is 7.05 Å². The molecule has 0 amide bonds. The first-order valence-corrected chi connectivity index (χ1v) is 7.10. The molecule has 0 spiro atoms. The largest absolute Gasteiger partial charge is 0.208 e. The van der Waals surface area contributed by atoms with Crippen molar-refractivity contribution >= 4 is 0 Å². The molecule has 0 N–H and O–H groups in total. The van der Waals surface area contributed by atoms with Crippen LogP contribution < -0.4 is 9.13 Å². The van der Waals surface area contributed by atoms with Gasteiger partial charge in [0.2, 0.25) is 0 Å². The molecule has 1 aliphatic rings. The SMILES string of the molecule is C[n+]1ccc(-c2cc[n+](CCC3=CC=CC3)cc2)cc1. The van der Waals surface area contributed by atoms with Gasteiger partial charge in [-0.2, -0.15) is 0 Å². The van der Waals surface area contributed by atoms with Crippen molar-refractivity contribution in [1.29, 1.82) is 0 Å². The second kappa shape index (κ2) is 5.83. The van der Waals surface area contributed by atoms with Crippen molar-refractivity contribution in [2.75, 3.05) is 0 Å². The number of aromatic nitrogens is 2. The molecule has 1 aliphatic carbocycles. The number of aryl methyl sites for hydroxylation is 2. The number of hydrogen-bond acceptors (Lipinski definition) is 0. The number of allylic oxidation sites excluding steroid dienone is 4. The normalized spacial score (nSPS) is 13.6. The molecular weight excluding hydrogens is 244 g/mol. The van der Waals surface area contributed by atoms with E-state index in [1.165, 1.54) is 16.7 Å². The highest BCUT2D eigenvalue weighted by Crippen LogP contribution is 2.16. The molecule has 2 heteroatoms. The lowest BCUT2D eigenvalue weighted by Gasteiger charge is -2.01. The van der Waals surface area contributed by atoms with Crippen LogP contribution in [0.4, 0.5) is 0 Å². The predicted molar refractivity (Wildman–Crippen MR) is 79.7 cm³/mol. The van der Waals surface area contributed by atoms with Gasteiger partial charge in [-0.3, -0.25) is 0 Å². The Hall–Kier alpha value is -2.22. The van der Waals surface area contributed by atoms with Gasteiger partial charge in [0.1, 0.15) is 7.05 Å². The van der Waals surface area contributed by atoms with Gasteiger partial charge in [-0.25, -0.2) is 9.13 Å². The summed E-state index contributed by atoms with van der Waals surface area (Å²) >= 11 is 0. The molecule has 0 fully saturated rings. The maximum atomic E-state index is 2.26. The Morgan fingerprint density at radius 1 is 0.950 bits per heavy atom. The van der Waals surface area contributed by atoms with E-state index >= 15 is 0 Å². The van der Waals surface area contributed by atoms with Crippen molar-refractivity contribution in [3.63, 3.8) is 0 Å². The van der Waals surface area contributed by atoms with E-state index in [-0.39, 0.29) is 0 Å². The smallest absolute Gasteiger partial charge is 0.169 e. The minimum Gasteiger partial charge on any atom is -0.208 e. The third-order valence-corrected chi connectivity index (χ3v) is 3.74. The second-order valence-electron chi connectivity index (χ2n) is 5.28. The van der Waals surface area contributed by atoms with Crippen LogP contribution in [0, 0.1) is 0 Å². The Labute approximate surface area is 120 Å². The van der Waals surface area contributed by atoms with Gasteiger partial charge < -0.3 is 0 Å². The molecule has 20 heavy (non-hydrogen) atoms. The standard InChI is InChI=1S/C18H20N2/c1-19-11-7-17(8-12-19)18-9-14-20(15-10-18)13-6-16-4-2-3-5-16/h2-4,7-12,14-15H,5-6,13H2,1H3/q+2. The lowest BCUT2D eigenvalue weighted by atomic mass is 10.1. The topological polar surface area (TPSA) is 7.76 Å². The van der Waals surface area contributed by atoms with Gasteiger partial charge in [0.25, 0.3) is 0 Å². The second-order valence-corrected chi connectivity index (χ2v) is 5.28. The number of pyridine rings is 2. The van der Waals surface area contributed by atoms with Crippen LogP contribution in [-0.4, -0.2) is 0 Å². The van der Waals surface area contributed by atoms with Crippen molar-refractivity contribution in [2.45, 2.75) is 19.4 Å². The molecule has 0 saturated carbocycles. The van der Waals surface area contributed by atoms with Gasteiger partial charge in [0.15, 0.2) is 31.3 Å². The third-order valence-electron chi connectivity index (χ3n) is 3.74. The summed E-state index contributed by atoms with van der Waals surface area (Å²) in [7, 11) is 2.04. The molecule has 0 saturated heterocycles. The molecule has 0 unspecified atom stereocenters. The van der Waals surface area contributed by atoms with Crippen LogP contribution in [-0.2, 0) is 13.6 Å². The lowest BCUT2D eigenvalue weighted by Crippen LogP contribution is -2.32. The first-order chi connectivity index (χ1) is 9.81. The molecule has 2 nitrogen and oxygen atoms in total. The minimum absolute atomic E-state index is 1.05. The highest BCUT2D eigenvalue weighted by atomic mass is 14.9. The Morgan fingerprint density at radius 3 is 2.20 bits per heavy atom. The fraction of sp³-hybridized carbons (Fsp3) is 0.222. The molecule has 0 bridgehead atoms. The molecule has 3 rings (SSSR count).